The van der Waals surface area contributed by atoms with Crippen LogP contribution in [0, 0.1) is 5.92 Å². The Morgan fingerprint density at radius 2 is 1.91 bits per heavy atom. The van der Waals surface area contributed by atoms with Gasteiger partial charge in [-0.1, -0.05) is 12.1 Å². The van der Waals surface area contributed by atoms with Crippen LogP contribution in [-0.2, 0) is 25.1 Å². The molecule has 118 valence electrons. The summed E-state index contributed by atoms with van der Waals surface area (Å²) in [6.07, 6.45) is 3.97. The maximum Gasteiger partial charge on any atom is 0.374 e. The summed E-state index contributed by atoms with van der Waals surface area (Å²) in [7, 11) is -1.02. The molecule has 1 unspecified atom stereocenters. The van der Waals surface area contributed by atoms with Crippen LogP contribution < -0.4 is 0 Å². The molecule has 0 amide bonds. The monoisotopic (exact) mass is 320 g/mol. The highest BCUT2D eigenvalue weighted by Crippen LogP contribution is 2.41. The second-order valence-corrected chi connectivity index (χ2v) is 7.72. The molecule has 4 nitrogen and oxygen atoms in total. The first-order valence-electron chi connectivity index (χ1n) is 7.43. The average molecular weight is 320 g/mol. The van der Waals surface area contributed by atoms with Gasteiger partial charge in [-0.05, 0) is 50.3 Å². The van der Waals surface area contributed by atoms with Gasteiger partial charge in [-0.2, -0.15) is 0 Å². The van der Waals surface area contributed by atoms with Gasteiger partial charge in [-0.3, -0.25) is 4.21 Å². The van der Waals surface area contributed by atoms with E-state index >= 15 is 0 Å². The predicted octanol–water partition coefficient (Wildman–Crippen LogP) is 2.90. The highest BCUT2D eigenvalue weighted by molar-refractivity contribution is 7.84. The van der Waals surface area contributed by atoms with E-state index in [0.717, 1.165) is 28.9 Å². The van der Waals surface area contributed by atoms with E-state index < -0.39 is 22.4 Å². The maximum atomic E-state index is 12.1. The maximum absolute atomic E-state index is 12.1. The lowest BCUT2D eigenvalue weighted by molar-refractivity contribution is -0.147. The van der Waals surface area contributed by atoms with Crippen LogP contribution in [0.1, 0.15) is 32.3 Å². The Bertz CT molecular complexity index is 654. The van der Waals surface area contributed by atoms with Crippen LogP contribution in [0.5, 0.6) is 0 Å². The molecule has 0 saturated heterocycles. The minimum atomic E-state index is -1.02. The zero-order valence-electron chi connectivity index (χ0n) is 13.0. The fourth-order valence-corrected chi connectivity index (χ4v) is 3.13. The number of esters is 1. The summed E-state index contributed by atoms with van der Waals surface area (Å²) in [5.74, 6) is 0.487. The minimum absolute atomic E-state index is 0.322. The van der Waals surface area contributed by atoms with E-state index in [9.17, 15) is 9.00 Å². The molecular formula is C17H20O4S. The van der Waals surface area contributed by atoms with Crippen molar-refractivity contribution in [3.8, 4) is 0 Å². The molecule has 1 aromatic carbocycles. The Morgan fingerprint density at radius 3 is 2.45 bits per heavy atom. The first kappa shape index (κ1) is 15.3. The van der Waals surface area contributed by atoms with Crippen molar-refractivity contribution in [2.24, 2.45) is 5.92 Å². The number of ether oxygens (including phenoxy) is 2. The van der Waals surface area contributed by atoms with Crippen molar-refractivity contribution in [1.82, 2.24) is 0 Å². The zero-order chi connectivity index (χ0) is 15.9. The van der Waals surface area contributed by atoms with Crippen molar-refractivity contribution in [1.29, 1.82) is 0 Å². The summed E-state index contributed by atoms with van der Waals surface area (Å²) in [5, 5.41) is 0. The highest BCUT2D eigenvalue weighted by Gasteiger charge is 2.43. The third kappa shape index (κ3) is 2.95. The van der Waals surface area contributed by atoms with Gasteiger partial charge in [0.2, 0.25) is 5.76 Å². The lowest BCUT2D eigenvalue weighted by Gasteiger charge is -2.21. The van der Waals surface area contributed by atoms with Gasteiger partial charge < -0.3 is 9.47 Å². The number of hydrogen-bond acceptors (Lipinski definition) is 4. The van der Waals surface area contributed by atoms with Gasteiger partial charge in [0.1, 0.15) is 5.60 Å². The number of cyclic esters (lactones) is 1. The van der Waals surface area contributed by atoms with Crippen LogP contribution in [0.4, 0.5) is 0 Å². The number of carbonyl (C=O) groups is 1. The minimum Gasteiger partial charge on any atom is -0.486 e. The van der Waals surface area contributed by atoms with Crippen molar-refractivity contribution in [3.63, 3.8) is 0 Å². The first-order chi connectivity index (χ1) is 10.4. The molecule has 1 fully saturated rings. The fourth-order valence-electron chi connectivity index (χ4n) is 2.61. The highest BCUT2D eigenvalue weighted by atomic mass is 32.2. The molecule has 1 aliphatic heterocycles. The molecule has 3 rings (SSSR count). The standard InChI is InChI=1S/C17H20O4S/c1-17(2)14(12-6-8-13(9-7-12)22(3)19)15(16(18)21-17)20-10-11-4-5-11/h6-9,11H,4-5,10H2,1-3H3. The van der Waals surface area contributed by atoms with Gasteiger partial charge in [0.05, 0.1) is 12.2 Å². The van der Waals surface area contributed by atoms with Gasteiger partial charge in [-0.25, -0.2) is 4.79 Å². The summed E-state index contributed by atoms with van der Waals surface area (Å²) in [6, 6.07) is 7.37. The average Bonchev–Trinajstić information content (AvgIpc) is 3.23. The second kappa shape index (κ2) is 5.54. The van der Waals surface area contributed by atoms with Gasteiger partial charge in [-0.15, -0.1) is 0 Å². The largest absolute Gasteiger partial charge is 0.486 e. The molecule has 1 aromatic rings. The number of hydrogen-bond donors (Lipinski definition) is 0. The second-order valence-electron chi connectivity index (χ2n) is 6.34. The molecule has 0 radical (unpaired) electrons. The quantitative estimate of drug-likeness (QED) is 0.783. The van der Waals surface area contributed by atoms with Crippen LogP contribution >= 0.6 is 0 Å². The van der Waals surface area contributed by atoms with E-state index in [1.807, 2.05) is 38.1 Å². The summed E-state index contributed by atoms with van der Waals surface area (Å²) >= 11 is 0. The van der Waals surface area contributed by atoms with Crippen LogP contribution in [0.3, 0.4) is 0 Å². The molecule has 1 saturated carbocycles. The Morgan fingerprint density at radius 1 is 1.27 bits per heavy atom. The number of carbonyl (C=O) groups excluding carboxylic acids is 1. The molecular weight excluding hydrogens is 300 g/mol. The summed E-state index contributed by atoms with van der Waals surface area (Å²) in [4.78, 5) is 12.9. The summed E-state index contributed by atoms with van der Waals surface area (Å²) < 4.78 is 22.7. The topological polar surface area (TPSA) is 52.6 Å². The Balaban J connectivity index is 1.96. The van der Waals surface area contributed by atoms with Crippen molar-refractivity contribution in [2.75, 3.05) is 12.9 Å². The van der Waals surface area contributed by atoms with Crippen molar-refractivity contribution in [3.05, 3.63) is 35.6 Å². The molecule has 1 heterocycles. The van der Waals surface area contributed by atoms with Crippen molar-refractivity contribution < 1.29 is 18.5 Å². The Labute approximate surface area is 133 Å². The molecule has 2 aliphatic rings. The smallest absolute Gasteiger partial charge is 0.374 e. The molecule has 0 bridgehead atoms. The molecule has 0 N–H and O–H groups in total. The number of rotatable bonds is 5. The Kier molecular flexibility index (Phi) is 3.85. The Hall–Kier alpha value is -1.62. The molecule has 22 heavy (non-hydrogen) atoms. The third-order valence-corrected chi connectivity index (χ3v) is 4.93. The van der Waals surface area contributed by atoms with E-state index in [1.165, 1.54) is 0 Å². The van der Waals surface area contributed by atoms with E-state index in [1.54, 1.807) is 6.26 Å². The predicted molar refractivity (Wildman–Crippen MR) is 84.5 cm³/mol. The van der Waals surface area contributed by atoms with E-state index in [4.69, 9.17) is 9.47 Å². The summed E-state index contributed by atoms with van der Waals surface area (Å²) in [5.41, 5.74) is 0.922. The fraction of sp³-hybridized carbons (Fsp3) is 0.471. The molecule has 0 spiro atoms. The van der Waals surface area contributed by atoms with Crippen LogP contribution in [0.15, 0.2) is 34.9 Å². The van der Waals surface area contributed by atoms with Gasteiger partial charge in [0.25, 0.3) is 0 Å². The summed E-state index contributed by atoms with van der Waals surface area (Å²) in [6.45, 7) is 4.29. The lowest BCUT2D eigenvalue weighted by Crippen LogP contribution is -2.22. The van der Waals surface area contributed by atoms with E-state index in [0.29, 0.717) is 18.3 Å². The van der Waals surface area contributed by atoms with Crippen LogP contribution in [0.25, 0.3) is 5.57 Å². The lowest BCUT2D eigenvalue weighted by atomic mass is 9.92. The van der Waals surface area contributed by atoms with E-state index in [2.05, 4.69) is 0 Å². The van der Waals surface area contributed by atoms with Crippen molar-refractivity contribution >= 4 is 22.3 Å². The van der Waals surface area contributed by atoms with E-state index in [-0.39, 0.29) is 0 Å². The molecule has 1 atom stereocenters. The van der Waals surface area contributed by atoms with Crippen LogP contribution in [0.2, 0.25) is 0 Å². The SMILES string of the molecule is CS(=O)c1ccc(C2=C(OCC3CC3)C(=O)OC2(C)C)cc1. The van der Waals surface area contributed by atoms with Gasteiger partial charge in [0.15, 0.2) is 0 Å². The number of benzene rings is 1. The van der Waals surface area contributed by atoms with Gasteiger partial charge in [0, 0.05) is 22.0 Å². The normalized spacial score (nSPS) is 21.7. The first-order valence-corrected chi connectivity index (χ1v) is 8.99. The van der Waals surface area contributed by atoms with Crippen LogP contribution in [-0.4, -0.2) is 28.6 Å². The molecule has 0 aromatic heterocycles. The van der Waals surface area contributed by atoms with Crippen molar-refractivity contribution in [2.45, 2.75) is 37.2 Å². The zero-order valence-corrected chi connectivity index (χ0v) is 13.9. The molecule has 5 heteroatoms. The molecule has 1 aliphatic carbocycles. The van der Waals surface area contributed by atoms with Gasteiger partial charge >= 0.3 is 5.97 Å². The third-order valence-electron chi connectivity index (χ3n) is 4.00.